The van der Waals surface area contributed by atoms with E-state index in [0.29, 0.717) is 37.1 Å². The molecule has 0 radical (unpaired) electrons. The van der Waals surface area contributed by atoms with E-state index >= 15 is 0 Å². The summed E-state index contributed by atoms with van der Waals surface area (Å²) in [5, 5.41) is 5.79. The lowest BCUT2D eigenvalue weighted by Crippen LogP contribution is -2.52. The third-order valence-corrected chi connectivity index (χ3v) is 7.82. The van der Waals surface area contributed by atoms with Crippen LogP contribution >= 0.6 is 11.6 Å². The molecule has 1 aliphatic heterocycles. The highest BCUT2D eigenvalue weighted by Crippen LogP contribution is 2.25. The number of hydrogen-bond acceptors (Lipinski definition) is 5. The molecule has 1 fully saturated rings. The number of piperidine rings is 1. The van der Waals surface area contributed by atoms with Crippen molar-refractivity contribution in [3.8, 4) is 0 Å². The van der Waals surface area contributed by atoms with Crippen molar-refractivity contribution in [3.05, 3.63) is 94.8 Å². The summed E-state index contributed by atoms with van der Waals surface area (Å²) in [6.07, 6.45) is 2.26. The molecule has 1 atom stereocenters. The Morgan fingerprint density at radius 1 is 1.06 bits per heavy atom. The highest BCUT2D eigenvalue weighted by atomic mass is 35.5. The fourth-order valence-corrected chi connectivity index (χ4v) is 5.53. The lowest BCUT2D eigenvalue weighted by atomic mass is 10.1. The summed E-state index contributed by atoms with van der Waals surface area (Å²) in [5.74, 6) is -0.567. The number of pyridine rings is 1. The Labute approximate surface area is 209 Å². The zero-order chi connectivity index (χ0) is 24.8. The normalized spacial score (nSPS) is 16.1. The van der Waals surface area contributed by atoms with Crippen LogP contribution in [0.25, 0.3) is 0 Å². The second-order valence-electron chi connectivity index (χ2n) is 8.18. The van der Waals surface area contributed by atoms with Gasteiger partial charge in [-0.1, -0.05) is 54.1 Å². The van der Waals surface area contributed by atoms with Crippen LogP contribution in [0.5, 0.6) is 0 Å². The van der Waals surface area contributed by atoms with Gasteiger partial charge >= 0.3 is 0 Å². The summed E-state index contributed by atoms with van der Waals surface area (Å²) < 4.78 is 28.2. The number of rotatable bonds is 8. The zero-order valence-corrected chi connectivity index (χ0v) is 20.4. The van der Waals surface area contributed by atoms with Gasteiger partial charge in [0.25, 0.3) is 5.91 Å². The number of halogens is 1. The predicted octanol–water partition coefficient (Wildman–Crippen LogP) is 3.13. The van der Waals surface area contributed by atoms with E-state index in [0.717, 1.165) is 5.56 Å². The van der Waals surface area contributed by atoms with Crippen molar-refractivity contribution in [2.24, 2.45) is 0 Å². The first-order chi connectivity index (χ1) is 16.8. The summed E-state index contributed by atoms with van der Waals surface area (Å²) in [6, 6.07) is 18.2. The minimum absolute atomic E-state index is 0.0328. The molecule has 182 valence electrons. The molecule has 0 aliphatic carbocycles. The van der Waals surface area contributed by atoms with Crippen molar-refractivity contribution >= 4 is 33.4 Å². The number of amides is 2. The van der Waals surface area contributed by atoms with Crippen LogP contribution in [0.2, 0.25) is 5.15 Å². The van der Waals surface area contributed by atoms with Gasteiger partial charge in [-0.15, -0.1) is 0 Å². The van der Waals surface area contributed by atoms with E-state index in [4.69, 9.17) is 11.6 Å². The van der Waals surface area contributed by atoms with Gasteiger partial charge in [0.1, 0.15) is 16.1 Å². The number of carbonyl (C=O) groups excluding carboxylic acids is 2. The van der Waals surface area contributed by atoms with Crippen molar-refractivity contribution in [1.82, 2.24) is 19.9 Å². The van der Waals surface area contributed by atoms with E-state index in [-0.39, 0.29) is 28.4 Å². The van der Waals surface area contributed by atoms with Gasteiger partial charge in [0.2, 0.25) is 15.9 Å². The maximum atomic E-state index is 13.5. The van der Waals surface area contributed by atoms with Crippen molar-refractivity contribution in [2.45, 2.75) is 36.9 Å². The van der Waals surface area contributed by atoms with Crippen molar-refractivity contribution in [2.75, 3.05) is 6.54 Å². The minimum Gasteiger partial charge on any atom is -0.355 e. The lowest BCUT2D eigenvalue weighted by Gasteiger charge is -2.32. The van der Waals surface area contributed by atoms with E-state index in [9.17, 15) is 18.0 Å². The molecule has 4 rings (SSSR count). The monoisotopic (exact) mass is 512 g/mol. The summed E-state index contributed by atoms with van der Waals surface area (Å²) in [4.78, 5) is 28.9. The molecule has 1 aliphatic rings. The number of nitrogens with one attached hydrogen (secondary N) is 2. The average molecular weight is 513 g/mol. The number of benzene rings is 2. The molecular weight excluding hydrogens is 488 g/mol. The van der Waals surface area contributed by atoms with E-state index in [1.54, 1.807) is 24.3 Å². The SMILES string of the molecule is O=C(NCc1ccccc1)c1ccc(CN([C@@H]2CCCNC2=O)S(=O)(=O)c2ccc(Cl)nc2)cc1. The van der Waals surface area contributed by atoms with Gasteiger partial charge in [0.05, 0.1) is 0 Å². The van der Waals surface area contributed by atoms with Gasteiger partial charge in [0, 0.05) is 31.4 Å². The van der Waals surface area contributed by atoms with Gasteiger partial charge in [-0.3, -0.25) is 9.59 Å². The number of sulfonamides is 1. The lowest BCUT2D eigenvalue weighted by molar-refractivity contribution is -0.126. The van der Waals surface area contributed by atoms with Crippen LogP contribution < -0.4 is 10.6 Å². The van der Waals surface area contributed by atoms with Crippen LogP contribution in [0, 0.1) is 0 Å². The molecule has 0 saturated carbocycles. The Hall–Kier alpha value is -3.27. The molecule has 1 aromatic heterocycles. The average Bonchev–Trinajstić information content (AvgIpc) is 2.87. The third kappa shape index (κ3) is 6.05. The molecule has 0 spiro atoms. The molecule has 3 aromatic rings. The third-order valence-electron chi connectivity index (χ3n) is 5.76. The van der Waals surface area contributed by atoms with Gasteiger partial charge in [-0.05, 0) is 48.2 Å². The zero-order valence-electron chi connectivity index (χ0n) is 18.9. The highest BCUT2D eigenvalue weighted by molar-refractivity contribution is 7.89. The molecule has 2 heterocycles. The Balaban J connectivity index is 1.53. The van der Waals surface area contributed by atoms with Gasteiger partial charge < -0.3 is 10.6 Å². The highest BCUT2D eigenvalue weighted by Gasteiger charge is 2.37. The topological polar surface area (TPSA) is 108 Å². The van der Waals surface area contributed by atoms with Gasteiger partial charge in [-0.25, -0.2) is 13.4 Å². The van der Waals surface area contributed by atoms with Crippen LogP contribution in [-0.4, -0.2) is 42.1 Å². The number of aromatic nitrogens is 1. The van der Waals surface area contributed by atoms with Crippen LogP contribution in [0.1, 0.15) is 34.3 Å². The van der Waals surface area contributed by atoms with Crippen LogP contribution in [0.15, 0.2) is 77.8 Å². The number of carbonyl (C=O) groups is 2. The molecular formula is C25H25ClN4O4S. The standard InChI is InChI=1S/C25H25ClN4O4S/c26-23-13-12-21(16-28-23)35(33,34)30(22-7-4-14-27-25(22)32)17-19-8-10-20(11-9-19)24(31)29-15-18-5-2-1-3-6-18/h1-3,5-6,8-13,16,22H,4,7,14-15,17H2,(H,27,32)(H,29,31)/t22-/m1/s1. The molecule has 1 saturated heterocycles. The second kappa shape index (κ2) is 11.0. The van der Waals surface area contributed by atoms with Crippen LogP contribution in [0.3, 0.4) is 0 Å². The molecule has 10 heteroatoms. The summed E-state index contributed by atoms with van der Waals surface area (Å²) >= 11 is 5.82. The fourth-order valence-electron chi connectivity index (χ4n) is 3.87. The maximum Gasteiger partial charge on any atom is 0.251 e. The molecule has 2 aromatic carbocycles. The molecule has 2 amide bonds. The quantitative estimate of drug-likeness (QED) is 0.451. The van der Waals surface area contributed by atoms with Crippen LogP contribution in [0.4, 0.5) is 0 Å². The minimum atomic E-state index is -4.04. The van der Waals surface area contributed by atoms with Crippen molar-refractivity contribution in [3.63, 3.8) is 0 Å². The summed E-state index contributed by atoms with van der Waals surface area (Å²) in [5.41, 5.74) is 2.09. The smallest absolute Gasteiger partial charge is 0.251 e. The Bertz CT molecular complexity index is 1280. The van der Waals surface area contributed by atoms with E-state index in [2.05, 4.69) is 15.6 Å². The molecule has 2 N–H and O–H groups in total. The van der Waals surface area contributed by atoms with Crippen LogP contribution in [-0.2, 0) is 27.9 Å². The first-order valence-electron chi connectivity index (χ1n) is 11.2. The number of hydrogen-bond donors (Lipinski definition) is 2. The molecule has 0 bridgehead atoms. The molecule has 35 heavy (non-hydrogen) atoms. The Kier molecular flexibility index (Phi) is 7.80. The van der Waals surface area contributed by atoms with E-state index in [1.807, 2.05) is 30.3 Å². The maximum absolute atomic E-state index is 13.5. The van der Waals surface area contributed by atoms with Gasteiger partial charge in [-0.2, -0.15) is 4.31 Å². The van der Waals surface area contributed by atoms with Crippen molar-refractivity contribution in [1.29, 1.82) is 0 Å². The molecule has 0 unspecified atom stereocenters. The summed E-state index contributed by atoms with van der Waals surface area (Å²) in [6.45, 7) is 0.882. The fraction of sp³-hybridized carbons (Fsp3) is 0.240. The van der Waals surface area contributed by atoms with E-state index in [1.165, 1.54) is 22.6 Å². The first-order valence-corrected chi connectivity index (χ1v) is 13.0. The first kappa shape index (κ1) is 24.8. The number of nitrogens with zero attached hydrogens (tertiary/aromatic N) is 2. The Morgan fingerprint density at radius 2 is 1.80 bits per heavy atom. The summed E-state index contributed by atoms with van der Waals surface area (Å²) in [7, 11) is -4.04. The van der Waals surface area contributed by atoms with E-state index < -0.39 is 16.1 Å². The largest absolute Gasteiger partial charge is 0.355 e. The molecule has 8 nitrogen and oxygen atoms in total. The Morgan fingerprint density at radius 3 is 2.46 bits per heavy atom. The van der Waals surface area contributed by atoms with Crippen molar-refractivity contribution < 1.29 is 18.0 Å². The van der Waals surface area contributed by atoms with Gasteiger partial charge in [0.15, 0.2) is 0 Å². The second-order valence-corrected chi connectivity index (χ2v) is 10.5. The predicted molar refractivity (Wildman–Crippen MR) is 132 cm³/mol.